The minimum absolute atomic E-state index is 0.131. The smallest absolute Gasteiger partial charge is 0.0879 e. The predicted octanol–water partition coefficient (Wildman–Crippen LogP) is -0.231. The first-order valence-electron chi connectivity index (χ1n) is 4.89. The Morgan fingerprint density at radius 1 is 1.50 bits per heavy atom. The molecule has 0 fully saturated rings. The molecular weight excluding hydrogens is 204 g/mol. The van der Waals surface area contributed by atoms with Crippen molar-refractivity contribution in [3.8, 4) is 12.1 Å². The van der Waals surface area contributed by atoms with Gasteiger partial charge >= 0.3 is 0 Å². The van der Waals surface area contributed by atoms with Crippen molar-refractivity contribution >= 4 is 0 Å². The standard InChI is InChI=1S/C10H14N6/c1-15-8-9(7-14-15)10(6-13)16(4-2-11)5-3-12/h7-8,10H,4-6,13H2,1H3. The summed E-state index contributed by atoms with van der Waals surface area (Å²) in [6.07, 6.45) is 3.55. The summed E-state index contributed by atoms with van der Waals surface area (Å²) in [5.41, 5.74) is 6.60. The molecule has 1 heterocycles. The first-order valence-corrected chi connectivity index (χ1v) is 4.89. The molecule has 6 nitrogen and oxygen atoms in total. The van der Waals surface area contributed by atoms with Gasteiger partial charge in [-0.25, -0.2) is 0 Å². The van der Waals surface area contributed by atoms with Crippen LogP contribution in [-0.2, 0) is 7.05 Å². The number of hydrogen-bond donors (Lipinski definition) is 1. The van der Waals surface area contributed by atoms with Crippen LogP contribution in [0.1, 0.15) is 11.6 Å². The summed E-state index contributed by atoms with van der Waals surface area (Å²) in [5, 5.41) is 21.5. The van der Waals surface area contributed by atoms with Gasteiger partial charge in [0.15, 0.2) is 0 Å². The Hall–Kier alpha value is -1.89. The summed E-state index contributed by atoms with van der Waals surface area (Å²) < 4.78 is 1.68. The second-order valence-corrected chi connectivity index (χ2v) is 3.42. The molecule has 1 atom stereocenters. The van der Waals surface area contributed by atoms with Crippen LogP contribution in [0.5, 0.6) is 0 Å². The lowest BCUT2D eigenvalue weighted by molar-refractivity contribution is 0.254. The molecule has 0 radical (unpaired) electrons. The second kappa shape index (κ2) is 5.86. The van der Waals surface area contributed by atoms with Crippen molar-refractivity contribution in [2.75, 3.05) is 19.6 Å². The van der Waals surface area contributed by atoms with Gasteiger partial charge in [-0.3, -0.25) is 9.58 Å². The van der Waals surface area contributed by atoms with Crippen LogP contribution >= 0.6 is 0 Å². The van der Waals surface area contributed by atoms with E-state index in [9.17, 15) is 0 Å². The maximum Gasteiger partial charge on any atom is 0.0879 e. The van der Waals surface area contributed by atoms with Crippen LogP contribution in [0.4, 0.5) is 0 Å². The van der Waals surface area contributed by atoms with Gasteiger partial charge in [-0.1, -0.05) is 0 Å². The number of aryl methyl sites for hydroxylation is 1. The highest BCUT2D eigenvalue weighted by molar-refractivity contribution is 5.12. The topological polar surface area (TPSA) is 94.7 Å². The molecule has 1 unspecified atom stereocenters. The lowest BCUT2D eigenvalue weighted by Crippen LogP contribution is -2.34. The first kappa shape index (κ1) is 12.2. The van der Waals surface area contributed by atoms with E-state index in [1.165, 1.54) is 0 Å². The Morgan fingerprint density at radius 2 is 2.12 bits per heavy atom. The third kappa shape index (κ3) is 2.80. The zero-order chi connectivity index (χ0) is 12.0. The van der Waals surface area contributed by atoms with E-state index in [1.54, 1.807) is 15.8 Å². The number of rotatable bonds is 5. The Bertz CT molecular complexity index is 394. The van der Waals surface area contributed by atoms with E-state index in [2.05, 4.69) is 5.10 Å². The molecule has 84 valence electrons. The number of nitrogens with two attached hydrogens (primary N) is 1. The molecule has 0 saturated heterocycles. The Kier molecular flexibility index (Phi) is 4.46. The van der Waals surface area contributed by atoms with Crippen molar-refractivity contribution in [1.29, 1.82) is 10.5 Å². The van der Waals surface area contributed by atoms with E-state index < -0.39 is 0 Å². The van der Waals surface area contributed by atoms with Gasteiger partial charge in [-0.2, -0.15) is 15.6 Å². The van der Waals surface area contributed by atoms with Crippen LogP contribution in [0, 0.1) is 22.7 Å². The molecule has 6 heteroatoms. The highest BCUT2D eigenvalue weighted by Crippen LogP contribution is 2.17. The lowest BCUT2D eigenvalue weighted by Gasteiger charge is -2.25. The van der Waals surface area contributed by atoms with Gasteiger partial charge in [0, 0.05) is 25.4 Å². The van der Waals surface area contributed by atoms with Crippen molar-refractivity contribution in [2.24, 2.45) is 12.8 Å². The van der Waals surface area contributed by atoms with Gasteiger partial charge in [-0.15, -0.1) is 0 Å². The molecule has 0 spiro atoms. The van der Waals surface area contributed by atoms with Gasteiger partial charge < -0.3 is 5.73 Å². The zero-order valence-corrected chi connectivity index (χ0v) is 9.17. The fraction of sp³-hybridized carbons (Fsp3) is 0.500. The normalized spacial score (nSPS) is 12.1. The van der Waals surface area contributed by atoms with E-state index in [0.29, 0.717) is 6.54 Å². The molecule has 0 aromatic carbocycles. The summed E-state index contributed by atoms with van der Waals surface area (Å²) in [6, 6.07) is 3.94. The van der Waals surface area contributed by atoms with Crippen molar-refractivity contribution < 1.29 is 0 Å². The van der Waals surface area contributed by atoms with Crippen LogP contribution in [0.15, 0.2) is 12.4 Å². The molecule has 1 rings (SSSR count). The van der Waals surface area contributed by atoms with Crippen molar-refractivity contribution in [1.82, 2.24) is 14.7 Å². The quantitative estimate of drug-likeness (QED) is 0.689. The number of nitriles is 2. The summed E-state index contributed by atoms with van der Waals surface area (Å²) in [7, 11) is 1.82. The number of hydrogen-bond acceptors (Lipinski definition) is 5. The lowest BCUT2D eigenvalue weighted by atomic mass is 10.1. The first-order chi connectivity index (χ1) is 7.72. The molecule has 1 aromatic heterocycles. The highest BCUT2D eigenvalue weighted by atomic mass is 15.2. The summed E-state index contributed by atoms with van der Waals surface area (Å²) >= 11 is 0. The fourth-order valence-electron chi connectivity index (χ4n) is 1.57. The maximum absolute atomic E-state index is 8.70. The third-order valence-corrected chi connectivity index (χ3v) is 2.32. The van der Waals surface area contributed by atoms with E-state index in [1.807, 2.05) is 25.4 Å². The summed E-state index contributed by atoms with van der Waals surface area (Å²) in [5.74, 6) is 0. The van der Waals surface area contributed by atoms with E-state index in [4.69, 9.17) is 16.3 Å². The molecule has 16 heavy (non-hydrogen) atoms. The molecular formula is C10H14N6. The molecule has 1 aromatic rings. The van der Waals surface area contributed by atoms with Crippen LogP contribution in [0.25, 0.3) is 0 Å². The Labute approximate surface area is 94.5 Å². The average molecular weight is 218 g/mol. The van der Waals surface area contributed by atoms with E-state index >= 15 is 0 Å². The Balaban J connectivity index is 2.87. The van der Waals surface area contributed by atoms with Gasteiger partial charge in [-0.05, 0) is 0 Å². The second-order valence-electron chi connectivity index (χ2n) is 3.42. The van der Waals surface area contributed by atoms with E-state index in [-0.39, 0.29) is 19.1 Å². The largest absolute Gasteiger partial charge is 0.329 e. The zero-order valence-electron chi connectivity index (χ0n) is 9.17. The number of aromatic nitrogens is 2. The monoisotopic (exact) mass is 218 g/mol. The molecule has 0 aliphatic heterocycles. The molecule has 0 aliphatic carbocycles. The fourth-order valence-corrected chi connectivity index (χ4v) is 1.57. The van der Waals surface area contributed by atoms with Crippen molar-refractivity contribution in [3.05, 3.63) is 18.0 Å². The summed E-state index contributed by atoms with van der Waals surface area (Å²) in [6.45, 7) is 0.726. The molecule has 0 bridgehead atoms. The highest BCUT2D eigenvalue weighted by Gasteiger charge is 2.19. The average Bonchev–Trinajstić information content (AvgIpc) is 2.67. The molecule has 0 amide bonds. The minimum Gasteiger partial charge on any atom is -0.329 e. The Morgan fingerprint density at radius 3 is 2.50 bits per heavy atom. The SMILES string of the molecule is Cn1cc(C(CN)N(CC#N)CC#N)cn1. The van der Waals surface area contributed by atoms with Crippen LogP contribution in [-0.4, -0.2) is 34.3 Å². The minimum atomic E-state index is -0.131. The van der Waals surface area contributed by atoms with Gasteiger partial charge in [0.25, 0.3) is 0 Å². The number of nitrogens with zero attached hydrogens (tertiary/aromatic N) is 5. The summed E-state index contributed by atoms with van der Waals surface area (Å²) in [4.78, 5) is 1.73. The van der Waals surface area contributed by atoms with Gasteiger partial charge in [0.2, 0.25) is 0 Å². The van der Waals surface area contributed by atoms with Crippen molar-refractivity contribution in [3.63, 3.8) is 0 Å². The van der Waals surface area contributed by atoms with Crippen molar-refractivity contribution in [2.45, 2.75) is 6.04 Å². The van der Waals surface area contributed by atoms with Crippen LogP contribution in [0.3, 0.4) is 0 Å². The third-order valence-electron chi connectivity index (χ3n) is 2.32. The van der Waals surface area contributed by atoms with E-state index in [0.717, 1.165) is 5.56 Å². The van der Waals surface area contributed by atoms with Crippen LogP contribution in [0.2, 0.25) is 0 Å². The molecule has 0 saturated carbocycles. The molecule has 2 N–H and O–H groups in total. The van der Waals surface area contributed by atoms with Gasteiger partial charge in [0.1, 0.15) is 0 Å². The maximum atomic E-state index is 8.70. The molecule has 0 aliphatic rings. The van der Waals surface area contributed by atoms with Crippen LogP contribution < -0.4 is 5.73 Å². The van der Waals surface area contributed by atoms with Gasteiger partial charge in [0.05, 0.1) is 37.5 Å². The predicted molar refractivity (Wildman–Crippen MR) is 57.8 cm³/mol.